The lowest BCUT2D eigenvalue weighted by molar-refractivity contribution is -0.119. The molecule has 0 aliphatic heterocycles. The number of amides is 1. The summed E-state index contributed by atoms with van der Waals surface area (Å²) in [7, 11) is -2.61. The highest BCUT2D eigenvalue weighted by Crippen LogP contribution is 2.27. The molecule has 0 spiro atoms. The van der Waals surface area contributed by atoms with Gasteiger partial charge in [0.15, 0.2) is 0 Å². The van der Waals surface area contributed by atoms with E-state index in [9.17, 15) is 18.0 Å². The lowest BCUT2D eigenvalue weighted by Gasteiger charge is -2.24. The summed E-state index contributed by atoms with van der Waals surface area (Å²) >= 11 is 0. The Kier molecular flexibility index (Phi) is 8.93. The fourth-order valence-electron chi connectivity index (χ4n) is 3.62. The van der Waals surface area contributed by atoms with E-state index in [1.807, 2.05) is 13.0 Å². The maximum atomic E-state index is 13.5. The summed E-state index contributed by atoms with van der Waals surface area (Å²) in [5, 5.41) is 3.95. The summed E-state index contributed by atoms with van der Waals surface area (Å²) in [5.41, 5.74) is 4.59. The van der Waals surface area contributed by atoms with Gasteiger partial charge in [-0.15, -0.1) is 0 Å². The highest BCUT2D eigenvalue weighted by atomic mass is 32.2. The third kappa shape index (κ3) is 7.12. The zero-order valence-corrected chi connectivity index (χ0v) is 22.7. The quantitative estimate of drug-likeness (QED) is 0.132. The molecule has 4 aromatic carbocycles. The first-order valence-electron chi connectivity index (χ1n) is 12.2. The molecule has 0 aliphatic carbocycles. The SMILES string of the molecule is COc1cccc(N(CC(=O)N/N=C\c2ccc(OC(=O)c3ccccc3)cc2)S(=O)(=O)c2ccc(C)cc2)c1. The molecule has 0 saturated carbocycles. The lowest BCUT2D eigenvalue weighted by Crippen LogP contribution is -2.39. The number of methoxy groups -OCH3 is 1. The highest BCUT2D eigenvalue weighted by Gasteiger charge is 2.27. The molecule has 204 valence electrons. The molecule has 4 aromatic rings. The zero-order chi connectivity index (χ0) is 28.5. The molecule has 0 saturated heterocycles. The van der Waals surface area contributed by atoms with Crippen molar-refractivity contribution in [1.29, 1.82) is 0 Å². The van der Waals surface area contributed by atoms with E-state index in [0.717, 1.165) is 9.87 Å². The highest BCUT2D eigenvalue weighted by molar-refractivity contribution is 7.92. The summed E-state index contributed by atoms with van der Waals surface area (Å²) in [6, 6.07) is 28.0. The topological polar surface area (TPSA) is 114 Å². The van der Waals surface area contributed by atoms with Gasteiger partial charge in [-0.3, -0.25) is 9.10 Å². The maximum absolute atomic E-state index is 13.5. The van der Waals surface area contributed by atoms with Gasteiger partial charge < -0.3 is 9.47 Å². The summed E-state index contributed by atoms with van der Waals surface area (Å²) in [6.07, 6.45) is 1.39. The van der Waals surface area contributed by atoms with Crippen LogP contribution in [0.3, 0.4) is 0 Å². The van der Waals surface area contributed by atoms with Crippen LogP contribution in [-0.4, -0.2) is 40.2 Å². The van der Waals surface area contributed by atoms with E-state index in [4.69, 9.17) is 9.47 Å². The number of aryl methyl sites for hydroxylation is 1. The van der Waals surface area contributed by atoms with E-state index >= 15 is 0 Å². The Hall–Kier alpha value is -4.96. The van der Waals surface area contributed by atoms with Crippen LogP contribution in [0.5, 0.6) is 11.5 Å². The van der Waals surface area contributed by atoms with Crippen molar-refractivity contribution in [2.45, 2.75) is 11.8 Å². The van der Waals surface area contributed by atoms with Gasteiger partial charge in [0, 0.05) is 6.07 Å². The minimum atomic E-state index is -4.08. The first-order chi connectivity index (χ1) is 19.3. The smallest absolute Gasteiger partial charge is 0.343 e. The van der Waals surface area contributed by atoms with E-state index in [0.29, 0.717) is 22.6 Å². The molecule has 0 aromatic heterocycles. The number of hydrogen-bond acceptors (Lipinski definition) is 7. The molecule has 1 amide bonds. The van der Waals surface area contributed by atoms with Crippen molar-refractivity contribution in [1.82, 2.24) is 5.43 Å². The van der Waals surface area contributed by atoms with Crippen LogP contribution >= 0.6 is 0 Å². The van der Waals surface area contributed by atoms with Crippen LogP contribution in [0.1, 0.15) is 21.5 Å². The molecule has 0 radical (unpaired) electrons. The zero-order valence-electron chi connectivity index (χ0n) is 21.9. The van der Waals surface area contributed by atoms with Gasteiger partial charge in [0.25, 0.3) is 15.9 Å². The first kappa shape index (κ1) is 28.1. The second kappa shape index (κ2) is 12.7. The van der Waals surface area contributed by atoms with Crippen LogP contribution in [0.2, 0.25) is 0 Å². The van der Waals surface area contributed by atoms with Gasteiger partial charge in [-0.2, -0.15) is 5.10 Å². The summed E-state index contributed by atoms with van der Waals surface area (Å²) in [4.78, 5) is 25.0. The molecule has 0 heterocycles. The number of nitrogens with one attached hydrogen (secondary N) is 1. The van der Waals surface area contributed by atoms with Crippen LogP contribution in [0, 0.1) is 6.92 Å². The van der Waals surface area contributed by atoms with Crippen molar-refractivity contribution in [3.63, 3.8) is 0 Å². The van der Waals surface area contributed by atoms with Crippen molar-refractivity contribution in [3.8, 4) is 11.5 Å². The average molecular weight is 558 g/mol. The van der Waals surface area contributed by atoms with Gasteiger partial charge in [-0.25, -0.2) is 18.6 Å². The summed E-state index contributed by atoms with van der Waals surface area (Å²) in [6.45, 7) is 1.33. The van der Waals surface area contributed by atoms with Crippen LogP contribution in [-0.2, 0) is 14.8 Å². The fourth-order valence-corrected chi connectivity index (χ4v) is 5.04. The van der Waals surface area contributed by atoms with Gasteiger partial charge in [0.05, 0.1) is 29.5 Å². The number of sulfonamides is 1. The minimum Gasteiger partial charge on any atom is -0.497 e. The van der Waals surface area contributed by atoms with Crippen molar-refractivity contribution >= 4 is 33.8 Å². The number of nitrogens with zero attached hydrogens (tertiary/aromatic N) is 2. The molecule has 1 N–H and O–H groups in total. The van der Waals surface area contributed by atoms with Gasteiger partial charge in [0.2, 0.25) is 0 Å². The predicted octanol–water partition coefficient (Wildman–Crippen LogP) is 4.57. The largest absolute Gasteiger partial charge is 0.497 e. The first-order valence-corrected chi connectivity index (χ1v) is 13.6. The number of rotatable bonds is 10. The number of carbonyl (C=O) groups excluding carboxylic acids is 2. The Morgan fingerprint density at radius 3 is 2.25 bits per heavy atom. The van der Waals surface area contributed by atoms with Gasteiger partial charge >= 0.3 is 5.97 Å². The fraction of sp³-hybridized carbons (Fsp3) is 0.100. The molecule has 4 rings (SSSR count). The minimum absolute atomic E-state index is 0.0466. The molecule has 9 nitrogen and oxygen atoms in total. The Bertz CT molecular complexity index is 1600. The molecule has 40 heavy (non-hydrogen) atoms. The Morgan fingerprint density at radius 1 is 0.875 bits per heavy atom. The molecule has 0 bridgehead atoms. The molecule has 0 aliphatic rings. The predicted molar refractivity (Wildman–Crippen MR) is 152 cm³/mol. The lowest BCUT2D eigenvalue weighted by atomic mass is 10.2. The van der Waals surface area contributed by atoms with Crippen LogP contribution in [0.4, 0.5) is 5.69 Å². The number of esters is 1. The number of carbonyl (C=O) groups is 2. The van der Waals surface area contributed by atoms with Crippen molar-refractivity contribution in [2.75, 3.05) is 18.0 Å². The van der Waals surface area contributed by atoms with E-state index in [2.05, 4.69) is 10.5 Å². The molecule has 10 heteroatoms. The Morgan fingerprint density at radius 2 is 1.57 bits per heavy atom. The molecule has 0 fully saturated rings. The van der Waals surface area contributed by atoms with Crippen LogP contribution in [0.25, 0.3) is 0 Å². The second-order valence-electron chi connectivity index (χ2n) is 8.64. The third-order valence-electron chi connectivity index (χ3n) is 5.74. The van der Waals surface area contributed by atoms with Crippen molar-refractivity contribution in [3.05, 3.63) is 120 Å². The van der Waals surface area contributed by atoms with Gasteiger partial charge in [-0.05, 0) is 73.2 Å². The number of benzene rings is 4. The third-order valence-corrected chi connectivity index (χ3v) is 7.53. The van der Waals surface area contributed by atoms with E-state index in [1.165, 1.54) is 31.5 Å². The molecular weight excluding hydrogens is 530 g/mol. The van der Waals surface area contributed by atoms with Crippen LogP contribution in [0.15, 0.2) is 113 Å². The Balaban J connectivity index is 1.44. The maximum Gasteiger partial charge on any atom is 0.343 e. The van der Waals surface area contributed by atoms with Gasteiger partial charge in [0.1, 0.15) is 18.0 Å². The van der Waals surface area contributed by atoms with Crippen LogP contribution < -0.4 is 19.2 Å². The summed E-state index contributed by atoms with van der Waals surface area (Å²) in [5.74, 6) is -0.332. The molecule has 0 atom stereocenters. The van der Waals surface area contributed by atoms with Crippen molar-refractivity contribution < 1.29 is 27.5 Å². The van der Waals surface area contributed by atoms with Gasteiger partial charge in [-0.1, -0.05) is 42.0 Å². The summed E-state index contributed by atoms with van der Waals surface area (Å²) < 4.78 is 38.6. The normalized spacial score (nSPS) is 11.2. The van der Waals surface area contributed by atoms with E-state index in [1.54, 1.807) is 78.9 Å². The monoisotopic (exact) mass is 557 g/mol. The number of ether oxygens (including phenoxy) is 2. The number of hydrazone groups is 1. The standard InChI is InChI=1S/C30H27N3O6S/c1-22-11-17-28(18-12-22)40(36,37)33(25-9-6-10-27(19-25)38-2)21-29(34)32-31-20-23-13-15-26(16-14-23)39-30(35)24-7-4-3-5-8-24/h3-20H,21H2,1-2H3,(H,32,34)/b31-20-. The van der Waals surface area contributed by atoms with E-state index in [-0.39, 0.29) is 10.6 Å². The number of hydrogen-bond donors (Lipinski definition) is 1. The average Bonchev–Trinajstić information content (AvgIpc) is 2.97. The van der Waals surface area contributed by atoms with E-state index < -0.39 is 28.4 Å². The second-order valence-corrected chi connectivity index (χ2v) is 10.5. The Labute approximate surface area is 232 Å². The van der Waals surface area contributed by atoms with Crippen molar-refractivity contribution in [2.24, 2.45) is 5.10 Å². The molecule has 0 unspecified atom stereocenters. The molecular formula is C30H27N3O6S. The number of anilines is 1.